The normalized spacial score (nSPS) is 10.6. The highest BCUT2D eigenvalue weighted by Gasteiger charge is 2.11. The van der Waals surface area contributed by atoms with Gasteiger partial charge in [-0.15, -0.1) is 0 Å². The molecule has 0 radical (unpaired) electrons. The lowest BCUT2D eigenvalue weighted by Gasteiger charge is -2.06. The van der Waals surface area contributed by atoms with Crippen LogP contribution in [0.4, 0.5) is 0 Å². The highest BCUT2D eigenvalue weighted by Crippen LogP contribution is 2.24. The fraction of sp³-hybridized carbons (Fsp3) is 0.105. The van der Waals surface area contributed by atoms with Crippen LogP contribution in [0.25, 0.3) is 11.3 Å². The molecule has 0 aliphatic heterocycles. The lowest BCUT2D eigenvalue weighted by Crippen LogP contribution is -2.22. The molecule has 2 aromatic carbocycles. The van der Waals surface area contributed by atoms with E-state index in [0.29, 0.717) is 22.9 Å². The van der Waals surface area contributed by atoms with Gasteiger partial charge < -0.3 is 9.73 Å². The van der Waals surface area contributed by atoms with Crippen molar-refractivity contribution in [2.24, 2.45) is 0 Å². The number of aryl methyl sites for hydroxylation is 1. The van der Waals surface area contributed by atoms with Gasteiger partial charge in [0.1, 0.15) is 11.5 Å². The fourth-order valence-electron chi connectivity index (χ4n) is 2.31. The van der Waals surface area contributed by atoms with E-state index in [0.717, 1.165) is 21.4 Å². The SMILES string of the molecule is Cc1ccc(C(=O)NCc2ccc(-c3ccc(Br)cc3)o2)c(Cl)c1. The maximum Gasteiger partial charge on any atom is 0.253 e. The van der Waals surface area contributed by atoms with Gasteiger partial charge in [0, 0.05) is 10.0 Å². The number of furan rings is 1. The van der Waals surface area contributed by atoms with E-state index in [-0.39, 0.29) is 5.91 Å². The molecule has 0 aliphatic rings. The van der Waals surface area contributed by atoms with E-state index in [1.54, 1.807) is 12.1 Å². The maximum absolute atomic E-state index is 12.2. The lowest BCUT2D eigenvalue weighted by atomic mass is 10.1. The van der Waals surface area contributed by atoms with Crippen LogP contribution in [0.15, 0.2) is 63.5 Å². The van der Waals surface area contributed by atoms with E-state index < -0.39 is 0 Å². The van der Waals surface area contributed by atoms with Crippen LogP contribution >= 0.6 is 27.5 Å². The quantitative estimate of drug-likeness (QED) is 0.615. The molecule has 0 spiro atoms. The molecular formula is C19H15BrClNO2. The Morgan fingerprint density at radius 1 is 1.12 bits per heavy atom. The van der Waals surface area contributed by atoms with Crippen LogP contribution < -0.4 is 5.32 Å². The zero-order valence-electron chi connectivity index (χ0n) is 13.0. The summed E-state index contributed by atoms with van der Waals surface area (Å²) in [4.78, 5) is 12.2. The van der Waals surface area contributed by atoms with E-state index in [1.165, 1.54) is 0 Å². The number of nitrogens with one attached hydrogen (secondary N) is 1. The molecule has 0 bridgehead atoms. The lowest BCUT2D eigenvalue weighted by molar-refractivity contribution is 0.0948. The van der Waals surface area contributed by atoms with Gasteiger partial charge >= 0.3 is 0 Å². The van der Waals surface area contributed by atoms with Gasteiger partial charge in [0.2, 0.25) is 0 Å². The molecule has 1 aromatic heterocycles. The molecule has 122 valence electrons. The third-order valence-electron chi connectivity index (χ3n) is 3.58. The Balaban J connectivity index is 1.67. The molecule has 0 aliphatic carbocycles. The summed E-state index contributed by atoms with van der Waals surface area (Å²) in [5, 5.41) is 3.27. The zero-order valence-corrected chi connectivity index (χ0v) is 15.3. The highest BCUT2D eigenvalue weighted by atomic mass is 79.9. The number of benzene rings is 2. The third kappa shape index (κ3) is 3.89. The first-order chi connectivity index (χ1) is 11.5. The summed E-state index contributed by atoms with van der Waals surface area (Å²) in [7, 11) is 0. The van der Waals surface area contributed by atoms with Crippen molar-refractivity contribution in [2.75, 3.05) is 0 Å². The second-order valence-corrected chi connectivity index (χ2v) is 6.76. The van der Waals surface area contributed by atoms with Crippen molar-refractivity contribution in [2.45, 2.75) is 13.5 Å². The van der Waals surface area contributed by atoms with Gasteiger partial charge in [-0.3, -0.25) is 4.79 Å². The Hall–Kier alpha value is -2.04. The van der Waals surface area contributed by atoms with Gasteiger partial charge in [0.15, 0.2) is 0 Å². The number of carbonyl (C=O) groups is 1. The summed E-state index contributed by atoms with van der Waals surface area (Å²) in [6.45, 7) is 2.24. The smallest absolute Gasteiger partial charge is 0.253 e. The summed E-state index contributed by atoms with van der Waals surface area (Å²) < 4.78 is 6.80. The number of halogens is 2. The van der Waals surface area contributed by atoms with Crippen molar-refractivity contribution in [3.05, 3.63) is 81.0 Å². The molecule has 3 aromatic rings. The van der Waals surface area contributed by atoms with Crippen molar-refractivity contribution in [1.82, 2.24) is 5.32 Å². The molecule has 1 amide bonds. The predicted octanol–water partition coefficient (Wildman–Crippen LogP) is 5.60. The second kappa shape index (κ2) is 7.24. The molecule has 1 N–H and O–H groups in total. The van der Waals surface area contributed by atoms with Crippen LogP contribution in [0.5, 0.6) is 0 Å². The molecule has 1 heterocycles. The Bertz CT molecular complexity index is 871. The standard InChI is InChI=1S/C19H15BrClNO2/c1-12-2-8-16(17(21)10-12)19(23)22-11-15-7-9-18(24-15)13-3-5-14(20)6-4-13/h2-10H,11H2,1H3,(H,22,23). The van der Waals surface area contributed by atoms with E-state index in [4.69, 9.17) is 16.0 Å². The minimum atomic E-state index is -0.221. The maximum atomic E-state index is 12.2. The molecule has 5 heteroatoms. The highest BCUT2D eigenvalue weighted by molar-refractivity contribution is 9.10. The number of amides is 1. The Labute approximate surface area is 153 Å². The van der Waals surface area contributed by atoms with Crippen LogP contribution in [0.3, 0.4) is 0 Å². The van der Waals surface area contributed by atoms with Crippen LogP contribution in [-0.4, -0.2) is 5.91 Å². The van der Waals surface area contributed by atoms with Crippen molar-refractivity contribution >= 4 is 33.4 Å². The van der Waals surface area contributed by atoms with Gasteiger partial charge in [-0.2, -0.15) is 0 Å². The number of hydrogen-bond acceptors (Lipinski definition) is 2. The van der Waals surface area contributed by atoms with E-state index in [9.17, 15) is 4.79 Å². The molecular weight excluding hydrogens is 390 g/mol. The molecule has 3 nitrogen and oxygen atoms in total. The Kier molecular flexibility index (Phi) is 5.07. The van der Waals surface area contributed by atoms with Crippen molar-refractivity contribution in [3.8, 4) is 11.3 Å². The van der Waals surface area contributed by atoms with Crippen LogP contribution in [0.1, 0.15) is 21.7 Å². The molecule has 0 saturated carbocycles. The molecule has 0 atom stereocenters. The summed E-state index contributed by atoms with van der Waals surface area (Å²) in [5.41, 5.74) is 2.46. The second-order valence-electron chi connectivity index (χ2n) is 5.44. The molecule has 0 saturated heterocycles. The third-order valence-corrected chi connectivity index (χ3v) is 4.42. The molecule has 0 fully saturated rings. The van der Waals surface area contributed by atoms with Gasteiger partial charge in [-0.05, 0) is 48.9 Å². The van der Waals surface area contributed by atoms with E-state index >= 15 is 0 Å². The van der Waals surface area contributed by atoms with E-state index in [1.807, 2.05) is 49.4 Å². The first-order valence-corrected chi connectivity index (χ1v) is 8.59. The van der Waals surface area contributed by atoms with Crippen molar-refractivity contribution < 1.29 is 9.21 Å². The molecule has 24 heavy (non-hydrogen) atoms. The van der Waals surface area contributed by atoms with Gasteiger partial charge in [-0.1, -0.05) is 45.7 Å². The zero-order chi connectivity index (χ0) is 17.1. The predicted molar refractivity (Wildman–Crippen MR) is 99.2 cm³/mol. The van der Waals surface area contributed by atoms with Crippen LogP contribution in [-0.2, 0) is 6.54 Å². The summed E-state index contributed by atoms with van der Waals surface area (Å²) in [5.74, 6) is 1.23. The average Bonchev–Trinajstić information content (AvgIpc) is 3.02. The Morgan fingerprint density at radius 2 is 1.88 bits per heavy atom. The van der Waals surface area contributed by atoms with Crippen LogP contribution in [0, 0.1) is 6.92 Å². The topological polar surface area (TPSA) is 42.2 Å². The molecule has 3 rings (SSSR count). The van der Waals surface area contributed by atoms with Crippen molar-refractivity contribution in [3.63, 3.8) is 0 Å². The fourth-order valence-corrected chi connectivity index (χ4v) is 2.89. The minimum absolute atomic E-state index is 0.221. The summed E-state index contributed by atoms with van der Waals surface area (Å²) in [6, 6.07) is 17.0. The average molecular weight is 405 g/mol. The number of rotatable bonds is 4. The van der Waals surface area contributed by atoms with Gasteiger partial charge in [-0.25, -0.2) is 0 Å². The number of hydrogen-bond donors (Lipinski definition) is 1. The van der Waals surface area contributed by atoms with Crippen molar-refractivity contribution in [1.29, 1.82) is 0 Å². The monoisotopic (exact) mass is 403 g/mol. The summed E-state index contributed by atoms with van der Waals surface area (Å²) in [6.07, 6.45) is 0. The first-order valence-electron chi connectivity index (χ1n) is 7.42. The number of carbonyl (C=O) groups excluding carboxylic acids is 1. The van der Waals surface area contributed by atoms with Gasteiger partial charge in [0.25, 0.3) is 5.91 Å². The largest absolute Gasteiger partial charge is 0.459 e. The summed E-state index contributed by atoms with van der Waals surface area (Å²) >= 11 is 9.52. The first kappa shape index (κ1) is 16.8. The van der Waals surface area contributed by atoms with E-state index in [2.05, 4.69) is 21.2 Å². The van der Waals surface area contributed by atoms with Crippen LogP contribution in [0.2, 0.25) is 5.02 Å². The van der Waals surface area contributed by atoms with Gasteiger partial charge in [0.05, 0.1) is 17.1 Å². The molecule has 0 unspecified atom stereocenters. The Morgan fingerprint density at radius 3 is 2.58 bits per heavy atom. The minimum Gasteiger partial charge on any atom is -0.459 e.